The van der Waals surface area contributed by atoms with Crippen LogP contribution < -0.4 is 0 Å². The van der Waals surface area contributed by atoms with E-state index in [9.17, 15) is 20.1 Å². The molecule has 0 aromatic heterocycles. The molecule has 0 aromatic carbocycles. The number of hydrogen-bond acceptors (Lipinski definition) is 8. The number of hydrogen-bond donors (Lipinski definition) is 3. The lowest BCUT2D eigenvalue weighted by atomic mass is 9.71. The van der Waals surface area contributed by atoms with E-state index < -0.39 is 41.6 Å². The molecule has 216 valence electrons. The van der Waals surface area contributed by atoms with Crippen LogP contribution in [0.3, 0.4) is 0 Å². The molecule has 4 heterocycles. The Balaban J connectivity index is 1.52. The summed E-state index contributed by atoms with van der Waals surface area (Å²) in [7, 11) is 0. The first-order valence-corrected chi connectivity index (χ1v) is 14.5. The second-order valence-electron chi connectivity index (χ2n) is 12.4. The Morgan fingerprint density at radius 1 is 1.15 bits per heavy atom. The van der Waals surface area contributed by atoms with Gasteiger partial charge in [-0.1, -0.05) is 42.9 Å². The van der Waals surface area contributed by atoms with Crippen molar-refractivity contribution in [1.29, 1.82) is 0 Å². The van der Waals surface area contributed by atoms with Crippen LogP contribution in [-0.2, 0) is 23.7 Å². The SMILES string of the molecule is CC1=C[C@H]2C(=O)O[C@H]3C[C@@H](C/C=C(\C)C[C@@H](CO)/C=C/C=C4\CO[C@H]([C@@H]1O)[C@@]42O)O[C@@]1(CC[C@H](C)[C@@H](C)O1)C3. The van der Waals surface area contributed by atoms with Crippen LogP contribution in [0, 0.1) is 17.8 Å². The average Bonchev–Trinajstić information content (AvgIpc) is 3.23. The Bertz CT molecular complexity index is 1060. The van der Waals surface area contributed by atoms with E-state index in [4.69, 9.17) is 18.9 Å². The van der Waals surface area contributed by atoms with Gasteiger partial charge in [0.1, 0.15) is 29.8 Å². The lowest BCUT2D eigenvalue weighted by Crippen LogP contribution is -2.58. The molecule has 8 heteroatoms. The molecule has 5 aliphatic rings. The number of carbonyl (C=O) groups excluding carboxylic acids is 1. The van der Waals surface area contributed by atoms with Gasteiger partial charge in [-0.2, -0.15) is 0 Å². The van der Waals surface area contributed by atoms with E-state index in [1.165, 1.54) is 0 Å². The van der Waals surface area contributed by atoms with Crippen molar-refractivity contribution in [1.82, 2.24) is 0 Å². The van der Waals surface area contributed by atoms with Crippen molar-refractivity contribution < 1.29 is 39.1 Å². The van der Waals surface area contributed by atoms with Crippen LogP contribution in [0.4, 0.5) is 0 Å². The zero-order chi connectivity index (χ0) is 27.9. The number of fused-ring (bicyclic) bond motifs is 2. The highest BCUT2D eigenvalue weighted by Gasteiger charge is 2.60. The van der Waals surface area contributed by atoms with Gasteiger partial charge in [-0.15, -0.1) is 0 Å². The maximum Gasteiger partial charge on any atom is 0.316 e. The summed E-state index contributed by atoms with van der Waals surface area (Å²) >= 11 is 0. The molecule has 3 saturated heterocycles. The largest absolute Gasteiger partial charge is 0.462 e. The Morgan fingerprint density at radius 3 is 2.69 bits per heavy atom. The zero-order valence-electron chi connectivity index (χ0n) is 23.5. The normalized spacial score (nSPS) is 48.7. The summed E-state index contributed by atoms with van der Waals surface area (Å²) in [5.74, 6) is -2.08. The van der Waals surface area contributed by atoms with Crippen molar-refractivity contribution >= 4 is 5.97 Å². The number of carbonyl (C=O) groups is 1. The molecule has 0 unspecified atom stereocenters. The Kier molecular flexibility index (Phi) is 8.26. The third kappa shape index (κ3) is 5.56. The first kappa shape index (κ1) is 28.7. The van der Waals surface area contributed by atoms with Gasteiger partial charge in [0, 0.05) is 31.8 Å². The van der Waals surface area contributed by atoms with Crippen molar-refractivity contribution in [2.24, 2.45) is 17.8 Å². The first-order valence-electron chi connectivity index (χ1n) is 14.5. The van der Waals surface area contributed by atoms with E-state index in [-0.39, 0.29) is 31.3 Å². The smallest absolute Gasteiger partial charge is 0.316 e. The van der Waals surface area contributed by atoms with Crippen LogP contribution in [0.25, 0.3) is 0 Å². The van der Waals surface area contributed by atoms with E-state index >= 15 is 0 Å². The third-order valence-corrected chi connectivity index (χ3v) is 9.42. The monoisotopic (exact) mass is 544 g/mol. The molecule has 0 aromatic rings. The molecular weight excluding hydrogens is 500 g/mol. The van der Waals surface area contributed by atoms with Crippen LogP contribution >= 0.6 is 0 Å². The van der Waals surface area contributed by atoms with Gasteiger partial charge < -0.3 is 34.3 Å². The Labute approximate surface area is 231 Å². The molecule has 0 radical (unpaired) electrons. The van der Waals surface area contributed by atoms with Crippen molar-refractivity contribution in [3.63, 3.8) is 0 Å². The molecule has 2 bridgehead atoms. The second kappa shape index (κ2) is 11.2. The highest BCUT2D eigenvalue weighted by Crippen LogP contribution is 2.47. The quantitative estimate of drug-likeness (QED) is 0.340. The predicted octanol–water partition coefficient (Wildman–Crippen LogP) is 3.51. The second-order valence-corrected chi connectivity index (χ2v) is 12.4. The summed E-state index contributed by atoms with van der Waals surface area (Å²) in [5.41, 5.74) is 0.471. The molecule has 5 rings (SSSR count). The molecule has 1 spiro atoms. The summed E-state index contributed by atoms with van der Waals surface area (Å²) in [5, 5.41) is 32.9. The molecule has 0 saturated carbocycles. The molecule has 4 aliphatic heterocycles. The minimum absolute atomic E-state index is 0.0150. The molecule has 8 nitrogen and oxygen atoms in total. The van der Waals surface area contributed by atoms with Crippen molar-refractivity contribution in [2.45, 2.75) is 108 Å². The highest BCUT2D eigenvalue weighted by molar-refractivity contribution is 5.78. The number of ether oxygens (including phenoxy) is 4. The van der Waals surface area contributed by atoms with E-state index in [0.29, 0.717) is 42.7 Å². The van der Waals surface area contributed by atoms with Crippen LogP contribution in [-0.4, -0.2) is 76.4 Å². The summed E-state index contributed by atoms with van der Waals surface area (Å²) in [6.45, 7) is 8.10. The van der Waals surface area contributed by atoms with Crippen LogP contribution in [0.2, 0.25) is 0 Å². The van der Waals surface area contributed by atoms with Crippen LogP contribution in [0.15, 0.2) is 47.1 Å². The number of rotatable bonds is 1. The lowest BCUT2D eigenvalue weighted by Gasteiger charge is -2.49. The summed E-state index contributed by atoms with van der Waals surface area (Å²) < 4.78 is 25.1. The van der Waals surface area contributed by atoms with Crippen molar-refractivity contribution in [3.8, 4) is 0 Å². The fourth-order valence-corrected chi connectivity index (χ4v) is 6.85. The standard InChI is InChI=1S/C31H44O8/c1-18-8-9-24-14-25(15-30(39-24)11-10-19(2)21(4)38-30)37-29(34)26-13-20(3)27(33)28-31(26,35)23(17-36-28)7-5-6-22(12-18)16-32/h5-8,13,19,21-22,24-28,32-33,35H,9-12,14-17H2,1-4H3/b6-5+,18-8+,23-7+/t19-,21+,22-,24+,25-,26-,27+,28+,30-,31+/m0/s1. The molecule has 1 aliphatic carbocycles. The predicted molar refractivity (Wildman–Crippen MR) is 144 cm³/mol. The maximum atomic E-state index is 13.8. The van der Waals surface area contributed by atoms with Gasteiger partial charge in [0.15, 0.2) is 5.79 Å². The van der Waals surface area contributed by atoms with E-state index in [0.717, 1.165) is 18.4 Å². The van der Waals surface area contributed by atoms with Gasteiger partial charge >= 0.3 is 5.97 Å². The van der Waals surface area contributed by atoms with Gasteiger partial charge in [-0.3, -0.25) is 4.79 Å². The summed E-state index contributed by atoms with van der Waals surface area (Å²) in [6.07, 6.45) is 10.6. The summed E-state index contributed by atoms with van der Waals surface area (Å²) in [4.78, 5) is 13.8. The Hall–Kier alpha value is -1.81. The van der Waals surface area contributed by atoms with Gasteiger partial charge in [0.25, 0.3) is 0 Å². The zero-order valence-corrected chi connectivity index (χ0v) is 23.5. The molecule has 10 atom stereocenters. The van der Waals surface area contributed by atoms with Crippen molar-refractivity contribution in [3.05, 3.63) is 47.1 Å². The van der Waals surface area contributed by atoms with Gasteiger partial charge in [-0.05, 0) is 57.1 Å². The van der Waals surface area contributed by atoms with E-state index in [2.05, 4.69) is 26.8 Å². The van der Waals surface area contributed by atoms with E-state index in [1.807, 2.05) is 6.08 Å². The average molecular weight is 545 g/mol. The molecular formula is C31H44O8. The molecule has 3 fully saturated rings. The highest BCUT2D eigenvalue weighted by atomic mass is 16.7. The fraction of sp³-hybridized carbons (Fsp3) is 0.710. The Morgan fingerprint density at radius 2 is 1.95 bits per heavy atom. The number of esters is 1. The maximum absolute atomic E-state index is 13.8. The number of allylic oxidation sites excluding steroid dienone is 3. The lowest BCUT2D eigenvalue weighted by molar-refractivity contribution is -0.332. The molecule has 39 heavy (non-hydrogen) atoms. The fourth-order valence-electron chi connectivity index (χ4n) is 6.85. The van der Waals surface area contributed by atoms with Crippen LogP contribution in [0.1, 0.15) is 66.2 Å². The topological polar surface area (TPSA) is 115 Å². The van der Waals surface area contributed by atoms with Gasteiger partial charge in [0.05, 0.1) is 18.8 Å². The van der Waals surface area contributed by atoms with Gasteiger partial charge in [0.2, 0.25) is 0 Å². The minimum Gasteiger partial charge on any atom is -0.462 e. The number of aliphatic hydroxyl groups is 3. The third-order valence-electron chi connectivity index (χ3n) is 9.42. The molecule has 3 N–H and O–H groups in total. The van der Waals surface area contributed by atoms with Crippen LogP contribution in [0.5, 0.6) is 0 Å². The summed E-state index contributed by atoms with van der Waals surface area (Å²) in [6, 6.07) is 0. The number of aliphatic hydroxyl groups excluding tert-OH is 2. The van der Waals surface area contributed by atoms with Gasteiger partial charge in [-0.25, -0.2) is 0 Å². The molecule has 0 amide bonds. The van der Waals surface area contributed by atoms with E-state index in [1.54, 1.807) is 25.2 Å². The van der Waals surface area contributed by atoms with Crippen molar-refractivity contribution in [2.75, 3.05) is 13.2 Å². The minimum atomic E-state index is -1.74. The first-order chi connectivity index (χ1) is 18.5.